The molecular formula is C9H19FN2. The lowest BCUT2D eigenvalue weighted by atomic mass is 9.96. The number of rotatable bonds is 1. The smallest absolute Gasteiger partial charge is 0.128 e. The van der Waals surface area contributed by atoms with Crippen LogP contribution in [0.25, 0.3) is 0 Å². The lowest BCUT2D eigenvalue weighted by molar-refractivity contribution is 0.0407. The van der Waals surface area contributed by atoms with Gasteiger partial charge >= 0.3 is 0 Å². The van der Waals surface area contributed by atoms with Gasteiger partial charge in [0.25, 0.3) is 0 Å². The summed E-state index contributed by atoms with van der Waals surface area (Å²) in [7, 11) is 5.90. The van der Waals surface area contributed by atoms with Crippen LogP contribution in [0.2, 0.25) is 0 Å². The molecule has 0 bridgehead atoms. The van der Waals surface area contributed by atoms with Crippen LogP contribution in [0, 0.1) is 0 Å². The van der Waals surface area contributed by atoms with E-state index in [1.165, 1.54) is 0 Å². The molecule has 2 unspecified atom stereocenters. The minimum Gasteiger partial charge on any atom is -0.303 e. The first-order valence-corrected chi connectivity index (χ1v) is 4.53. The van der Waals surface area contributed by atoms with Crippen LogP contribution in [-0.2, 0) is 0 Å². The number of nitrogens with zero attached hydrogens (tertiary/aromatic N) is 2. The van der Waals surface area contributed by atoms with Gasteiger partial charge in [0.05, 0.1) is 0 Å². The Kier molecular flexibility index (Phi) is 3.07. The molecule has 1 rings (SSSR count). The largest absolute Gasteiger partial charge is 0.303 e. The average molecular weight is 174 g/mol. The zero-order valence-electron chi connectivity index (χ0n) is 8.42. The second-order valence-electron chi connectivity index (χ2n) is 4.07. The fourth-order valence-corrected chi connectivity index (χ4v) is 1.79. The maximum absolute atomic E-state index is 13.4. The van der Waals surface area contributed by atoms with E-state index in [0.29, 0.717) is 12.6 Å². The fraction of sp³-hybridized carbons (Fsp3) is 1.00. The molecule has 0 N–H and O–H groups in total. The Labute approximate surface area is 74.3 Å². The van der Waals surface area contributed by atoms with Crippen molar-refractivity contribution < 1.29 is 4.39 Å². The van der Waals surface area contributed by atoms with E-state index in [9.17, 15) is 4.39 Å². The molecule has 0 saturated carbocycles. The summed E-state index contributed by atoms with van der Waals surface area (Å²) < 4.78 is 13.4. The lowest BCUT2D eigenvalue weighted by Gasteiger charge is -2.40. The second-order valence-corrected chi connectivity index (χ2v) is 4.07. The first-order valence-electron chi connectivity index (χ1n) is 4.53. The maximum atomic E-state index is 13.4. The summed E-state index contributed by atoms with van der Waals surface area (Å²) in [5, 5.41) is 0. The first-order chi connectivity index (χ1) is 5.52. The van der Waals surface area contributed by atoms with Crippen molar-refractivity contribution in [2.45, 2.75) is 31.6 Å². The predicted molar refractivity (Wildman–Crippen MR) is 49.1 cm³/mol. The van der Waals surface area contributed by atoms with Crippen LogP contribution in [0.1, 0.15) is 13.3 Å². The van der Waals surface area contributed by atoms with Gasteiger partial charge in [0.15, 0.2) is 0 Å². The van der Waals surface area contributed by atoms with Gasteiger partial charge in [-0.05, 0) is 34.5 Å². The standard InChI is InChI=1S/C9H19FN2/c1-7-5-9(11(2)3)8(10)6-12(7)4/h7-9H,5-6H2,1-4H3/t7-,8?,9?/m1/s1. The van der Waals surface area contributed by atoms with Gasteiger partial charge in [-0.3, -0.25) is 0 Å². The molecule has 0 aromatic heterocycles. The zero-order chi connectivity index (χ0) is 9.30. The van der Waals surface area contributed by atoms with Crippen molar-refractivity contribution in [2.24, 2.45) is 0 Å². The molecule has 12 heavy (non-hydrogen) atoms. The van der Waals surface area contributed by atoms with E-state index in [-0.39, 0.29) is 6.04 Å². The molecule has 1 aliphatic heterocycles. The van der Waals surface area contributed by atoms with Crippen LogP contribution in [0.15, 0.2) is 0 Å². The summed E-state index contributed by atoms with van der Waals surface area (Å²) in [5.41, 5.74) is 0. The number of hydrogen-bond donors (Lipinski definition) is 0. The van der Waals surface area contributed by atoms with E-state index >= 15 is 0 Å². The molecule has 0 radical (unpaired) electrons. The number of hydrogen-bond acceptors (Lipinski definition) is 2. The Morgan fingerprint density at radius 2 is 2.00 bits per heavy atom. The van der Waals surface area contributed by atoms with Crippen LogP contribution in [0.4, 0.5) is 4.39 Å². The lowest BCUT2D eigenvalue weighted by Crippen LogP contribution is -2.52. The van der Waals surface area contributed by atoms with Gasteiger partial charge in [-0.2, -0.15) is 0 Å². The minimum absolute atomic E-state index is 0.108. The van der Waals surface area contributed by atoms with E-state index in [1.54, 1.807) is 0 Å². The van der Waals surface area contributed by atoms with Crippen molar-refractivity contribution in [1.29, 1.82) is 0 Å². The molecular weight excluding hydrogens is 155 g/mol. The van der Waals surface area contributed by atoms with Crippen LogP contribution < -0.4 is 0 Å². The molecule has 1 heterocycles. The highest BCUT2D eigenvalue weighted by atomic mass is 19.1. The van der Waals surface area contributed by atoms with Crippen molar-refractivity contribution in [3.63, 3.8) is 0 Å². The Balaban J connectivity index is 2.55. The third kappa shape index (κ3) is 1.96. The monoisotopic (exact) mass is 174 g/mol. The molecule has 1 aliphatic rings. The minimum atomic E-state index is -0.693. The normalized spacial score (nSPS) is 39.0. The Morgan fingerprint density at radius 1 is 1.42 bits per heavy atom. The van der Waals surface area contributed by atoms with Crippen molar-refractivity contribution in [1.82, 2.24) is 9.80 Å². The number of likely N-dealkylation sites (tertiary alicyclic amines) is 1. The molecule has 3 atom stereocenters. The first kappa shape index (κ1) is 9.93. The highest BCUT2D eigenvalue weighted by Gasteiger charge is 2.32. The molecule has 1 saturated heterocycles. The van der Waals surface area contributed by atoms with Crippen LogP contribution >= 0.6 is 0 Å². The summed E-state index contributed by atoms with van der Waals surface area (Å²) >= 11 is 0. The summed E-state index contributed by atoms with van der Waals surface area (Å²) in [6, 6.07) is 0.612. The van der Waals surface area contributed by atoms with Crippen molar-refractivity contribution in [2.75, 3.05) is 27.7 Å². The number of halogens is 1. The molecule has 1 fully saturated rings. The maximum Gasteiger partial charge on any atom is 0.128 e. The highest BCUT2D eigenvalue weighted by molar-refractivity contribution is 4.88. The van der Waals surface area contributed by atoms with Crippen LogP contribution in [0.3, 0.4) is 0 Å². The molecule has 0 aromatic rings. The molecule has 0 aromatic carbocycles. The molecule has 0 aliphatic carbocycles. The third-order valence-electron chi connectivity index (χ3n) is 2.88. The SMILES string of the molecule is C[C@@H]1CC(N(C)C)C(F)CN1C. The molecule has 2 nitrogen and oxygen atoms in total. The zero-order valence-corrected chi connectivity index (χ0v) is 8.42. The van der Waals surface area contributed by atoms with Gasteiger partial charge in [0.2, 0.25) is 0 Å². The summed E-state index contributed by atoms with van der Waals surface area (Å²) in [6.45, 7) is 2.73. The van der Waals surface area contributed by atoms with Crippen molar-refractivity contribution in [3.05, 3.63) is 0 Å². The number of piperidine rings is 1. The van der Waals surface area contributed by atoms with Crippen LogP contribution in [0.5, 0.6) is 0 Å². The van der Waals surface area contributed by atoms with E-state index in [4.69, 9.17) is 0 Å². The Hall–Kier alpha value is -0.150. The predicted octanol–water partition coefficient (Wildman–Crippen LogP) is 0.979. The van der Waals surface area contributed by atoms with E-state index in [0.717, 1.165) is 6.42 Å². The van der Waals surface area contributed by atoms with Crippen LogP contribution in [-0.4, -0.2) is 55.7 Å². The third-order valence-corrected chi connectivity index (χ3v) is 2.88. The van der Waals surface area contributed by atoms with Crippen molar-refractivity contribution in [3.8, 4) is 0 Å². The second kappa shape index (κ2) is 3.71. The van der Waals surface area contributed by atoms with Gasteiger partial charge in [-0.1, -0.05) is 0 Å². The average Bonchev–Trinajstić information content (AvgIpc) is 1.96. The van der Waals surface area contributed by atoms with Gasteiger partial charge in [-0.15, -0.1) is 0 Å². The highest BCUT2D eigenvalue weighted by Crippen LogP contribution is 2.21. The van der Waals surface area contributed by atoms with Gasteiger partial charge in [-0.25, -0.2) is 4.39 Å². The topological polar surface area (TPSA) is 6.48 Å². The van der Waals surface area contributed by atoms with Gasteiger partial charge in [0, 0.05) is 18.6 Å². The molecule has 0 spiro atoms. The summed E-state index contributed by atoms with van der Waals surface area (Å²) in [5.74, 6) is 0. The Bertz CT molecular complexity index is 149. The van der Waals surface area contributed by atoms with Gasteiger partial charge in [0.1, 0.15) is 6.17 Å². The van der Waals surface area contributed by atoms with E-state index in [2.05, 4.69) is 11.8 Å². The molecule has 0 amide bonds. The van der Waals surface area contributed by atoms with Gasteiger partial charge < -0.3 is 9.80 Å². The van der Waals surface area contributed by atoms with Crippen molar-refractivity contribution >= 4 is 0 Å². The van der Waals surface area contributed by atoms with E-state index in [1.807, 2.05) is 26.0 Å². The van der Waals surface area contributed by atoms with E-state index < -0.39 is 6.17 Å². The number of alkyl halides is 1. The summed E-state index contributed by atoms with van der Waals surface area (Å²) in [6.07, 6.45) is 0.242. The molecule has 72 valence electrons. The Morgan fingerprint density at radius 3 is 2.50 bits per heavy atom. The summed E-state index contributed by atoms with van der Waals surface area (Å²) in [4.78, 5) is 4.08. The quantitative estimate of drug-likeness (QED) is 0.584. The fourth-order valence-electron chi connectivity index (χ4n) is 1.79. The molecule has 3 heteroatoms.